The van der Waals surface area contributed by atoms with E-state index in [9.17, 15) is 14.4 Å². The van der Waals surface area contributed by atoms with E-state index >= 15 is 0 Å². The van der Waals surface area contributed by atoms with Crippen LogP contribution in [0.3, 0.4) is 0 Å². The fourth-order valence-electron chi connectivity index (χ4n) is 10.0. The van der Waals surface area contributed by atoms with E-state index in [1.165, 1.54) is 244 Å². The molecule has 0 saturated carbocycles. The van der Waals surface area contributed by atoms with Crippen LogP contribution in [0.25, 0.3) is 0 Å². The van der Waals surface area contributed by atoms with Crippen LogP contribution in [0.15, 0.2) is 0 Å². The molecule has 6 heteroatoms. The Labute approximate surface area is 444 Å². The highest BCUT2D eigenvalue weighted by Gasteiger charge is 2.19. The molecule has 1 unspecified atom stereocenters. The lowest BCUT2D eigenvalue weighted by molar-refractivity contribution is -0.167. The average molecular weight is 1000 g/mol. The maximum absolute atomic E-state index is 12.9. The van der Waals surface area contributed by atoms with Gasteiger partial charge in [-0.25, -0.2) is 0 Å². The van der Waals surface area contributed by atoms with E-state index < -0.39 is 6.10 Å². The smallest absolute Gasteiger partial charge is 0.306 e. The molecular weight excluding hydrogens is 877 g/mol. The third-order valence-corrected chi connectivity index (χ3v) is 15.3. The number of ether oxygens (including phenoxy) is 3. The molecule has 2 atom stereocenters. The van der Waals surface area contributed by atoms with Crippen LogP contribution in [0.4, 0.5) is 0 Å². The minimum atomic E-state index is -0.764. The van der Waals surface area contributed by atoms with Gasteiger partial charge < -0.3 is 14.2 Å². The Morgan fingerprint density at radius 1 is 0.282 bits per heavy atom. The predicted octanol–water partition coefficient (Wildman–Crippen LogP) is 21.5. The number of hydrogen-bond donors (Lipinski definition) is 0. The quantitative estimate of drug-likeness (QED) is 0.0343. The summed E-state index contributed by atoms with van der Waals surface area (Å²) in [7, 11) is 0. The normalized spacial score (nSPS) is 12.5. The molecule has 0 aromatic rings. The first-order valence-electron chi connectivity index (χ1n) is 32.1. The molecule has 0 aliphatic carbocycles. The molecule has 422 valence electrons. The summed E-state index contributed by atoms with van der Waals surface area (Å²) in [6.07, 6.45) is 61.0. The predicted molar refractivity (Wildman–Crippen MR) is 307 cm³/mol. The van der Waals surface area contributed by atoms with E-state index in [0.717, 1.165) is 75.5 Å². The zero-order valence-corrected chi connectivity index (χ0v) is 49.0. The molecule has 0 aromatic carbocycles. The molecule has 0 aromatic heterocycles. The number of carbonyl (C=O) groups excluding carboxylic acids is 3. The number of unbranched alkanes of at least 4 members (excludes halogenated alkanes) is 40. The molecule has 0 radical (unpaired) electrons. The largest absolute Gasteiger partial charge is 0.462 e. The van der Waals surface area contributed by atoms with E-state index in [1.807, 2.05) is 0 Å². The van der Waals surface area contributed by atoms with Gasteiger partial charge in [-0.2, -0.15) is 0 Å². The number of esters is 3. The molecule has 6 nitrogen and oxygen atoms in total. The fraction of sp³-hybridized carbons (Fsp3) is 0.954. The first-order chi connectivity index (χ1) is 34.6. The molecular formula is C65H126O6. The summed E-state index contributed by atoms with van der Waals surface area (Å²) >= 11 is 0. The summed E-state index contributed by atoms with van der Waals surface area (Å²) in [5.41, 5.74) is 0. The second-order valence-electron chi connectivity index (χ2n) is 23.6. The van der Waals surface area contributed by atoms with Crippen LogP contribution in [0.5, 0.6) is 0 Å². The van der Waals surface area contributed by atoms with Gasteiger partial charge in [0, 0.05) is 19.3 Å². The van der Waals surface area contributed by atoms with Crippen LogP contribution < -0.4 is 0 Å². The molecule has 0 aliphatic heterocycles. The van der Waals surface area contributed by atoms with E-state index in [2.05, 4.69) is 41.5 Å². The molecule has 0 saturated heterocycles. The Hall–Kier alpha value is -1.59. The maximum atomic E-state index is 12.9. The minimum Gasteiger partial charge on any atom is -0.462 e. The molecule has 0 aliphatic rings. The van der Waals surface area contributed by atoms with Crippen LogP contribution >= 0.6 is 0 Å². The Morgan fingerprint density at radius 3 is 0.732 bits per heavy atom. The van der Waals surface area contributed by atoms with Crippen LogP contribution in [0.2, 0.25) is 0 Å². The Morgan fingerprint density at radius 2 is 0.493 bits per heavy atom. The van der Waals surface area contributed by atoms with Crippen molar-refractivity contribution in [1.29, 1.82) is 0 Å². The molecule has 0 N–H and O–H groups in total. The maximum Gasteiger partial charge on any atom is 0.306 e. The molecule has 0 rings (SSSR count). The summed E-state index contributed by atoms with van der Waals surface area (Å²) in [6.45, 7) is 13.8. The highest BCUT2D eigenvalue weighted by Crippen LogP contribution is 2.19. The summed E-state index contributed by atoms with van der Waals surface area (Å²) in [6, 6.07) is 0. The topological polar surface area (TPSA) is 78.9 Å². The average Bonchev–Trinajstić information content (AvgIpc) is 3.35. The summed E-state index contributed by atoms with van der Waals surface area (Å²) in [5.74, 6) is 1.74. The van der Waals surface area contributed by atoms with Crippen LogP contribution in [0.1, 0.15) is 363 Å². The van der Waals surface area contributed by atoms with E-state index in [4.69, 9.17) is 14.2 Å². The van der Waals surface area contributed by atoms with E-state index in [0.29, 0.717) is 19.3 Å². The second-order valence-corrected chi connectivity index (χ2v) is 23.6. The Bertz CT molecular complexity index is 1100. The Kier molecular flexibility index (Phi) is 54.9. The first-order valence-corrected chi connectivity index (χ1v) is 32.1. The van der Waals surface area contributed by atoms with Crippen LogP contribution in [0, 0.1) is 17.8 Å². The third kappa shape index (κ3) is 57.5. The molecule has 0 fully saturated rings. The summed E-state index contributed by atoms with van der Waals surface area (Å²) in [5, 5.41) is 0. The lowest BCUT2D eigenvalue weighted by atomic mass is 9.99. The lowest BCUT2D eigenvalue weighted by Crippen LogP contribution is -2.30. The van der Waals surface area contributed by atoms with Gasteiger partial charge in [0.15, 0.2) is 6.10 Å². The van der Waals surface area contributed by atoms with Gasteiger partial charge in [-0.3, -0.25) is 14.4 Å². The van der Waals surface area contributed by atoms with Gasteiger partial charge in [0.2, 0.25) is 0 Å². The molecule has 0 heterocycles. The lowest BCUT2D eigenvalue weighted by Gasteiger charge is -2.18. The molecule has 71 heavy (non-hydrogen) atoms. The molecule has 0 amide bonds. The monoisotopic (exact) mass is 1000 g/mol. The van der Waals surface area contributed by atoms with Crippen molar-refractivity contribution in [3.05, 3.63) is 0 Å². The van der Waals surface area contributed by atoms with Crippen molar-refractivity contribution in [3.8, 4) is 0 Å². The summed E-state index contributed by atoms with van der Waals surface area (Å²) in [4.78, 5) is 38.3. The van der Waals surface area contributed by atoms with Crippen molar-refractivity contribution >= 4 is 17.9 Å². The molecule has 0 bridgehead atoms. The van der Waals surface area contributed by atoms with Crippen LogP contribution in [-0.4, -0.2) is 37.2 Å². The Balaban J connectivity index is 4.27. The first kappa shape index (κ1) is 69.4. The number of carbonyl (C=O) groups is 3. The number of rotatable bonds is 58. The van der Waals surface area contributed by atoms with Gasteiger partial charge in [-0.15, -0.1) is 0 Å². The van der Waals surface area contributed by atoms with Crippen molar-refractivity contribution in [2.45, 2.75) is 369 Å². The summed E-state index contributed by atoms with van der Waals surface area (Å²) < 4.78 is 17.0. The van der Waals surface area contributed by atoms with Gasteiger partial charge in [-0.05, 0) is 37.0 Å². The van der Waals surface area contributed by atoms with Crippen molar-refractivity contribution < 1.29 is 28.6 Å². The highest BCUT2D eigenvalue weighted by molar-refractivity contribution is 5.71. The SMILES string of the molecule is CCC(C)CCCCCCCCCCCCCCCCC(=O)O[C@@H](COC(=O)CCCCCCCCCCCCCCCCCCCCC(C)C)COC(=O)CCCCCCCCCCCCCC(C)C. The van der Waals surface area contributed by atoms with Crippen molar-refractivity contribution in [2.24, 2.45) is 17.8 Å². The van der Waals surface area contributed by atoms with Gasteiger partial charge in [-0.1, -0.05) is 324 Å². The standard InChI is InChI=1S/C65H126O6/c1-7-61(6)53-47-41-35-29-23-17-14-15-19-25-32-38-44-50-56-65(68)71-62(58-70-64(67)55-49-43-37-31-26-20-22-28-34-40-46-52-60(4)5)57-69-63(66)54-48-42-36-30-24-18-13-11-9-8-10-12-16-21-27-33-39-45-51-59(2)3/h59-62H,7-58H2,1-6H3/t61?,62-/m0/s1. The van der Waals surface area contributed by atoms with Crippen molar-refractivity contribution in [2.75, 3.05) is 13.2 Å². The third-order valence-electron chi connectivity index (χ3n) is 15.3. The zero-order chi connectivity index (χ0) is 51.9. The van der Waals surface area contributed by atoms with Gasteiger partial charge in [0.05, 0.1) is 0 Å². The van der Waals surface area contributed by atoms with E-state index in [1.54, 1.807) is 0 Å². The van der Waals surface area contributed by atoms with Crippen molar-refractivity contribution in [3.63, 3.8) is 0 Å². The highest BCUT2D eigenvalue weighted by atomic mass is 16.6. The van der Waals surface area contributed by atoms with Gasteiger partial charge >= 0.3 is 17.9 Å². The van der Waals surface area contributed by atoms with Gasteiger partial charge in [0.25, 0.3) is 0 Å². The second kappa shape index (κ2) is 56.1. The fourth-order valence-corrected chi connectivity index (χ4v) is 10.0. The minimum absolute atomic E-state index is 0.0626. The van der Waals surface area contributed by atoms with Crippen LogP contribution in [-0.2, 0) is 28.6 Å². The number of hydrogen-bond acceptors (Lipinski definition) is 6. The van der Waals surface area contributed by atoms with Crippen molar-refractivity contribution in [1.82, 2.24) is 0 Å². The zero-order valence-electron chi connectivity index (χ0n) is 49.0. The van der Waals surface area contributed by atoms with E-state index in [-0.39, 0.29) is 31.1 Å². The molecule has 0 spiro atoms. The van der Waals surface area contributed by atoms with Gasteiger partial charge in [0.1, 0.15) is 13.2 Å².